The van der Waals surface area contributed by atoms with Gasteiger partial charge in [0.25, 0.3) is 5.69 Å². The van der Waals surface area contributed by atoms with Crippen molar-refractivity contribution in [3.05, 3.63) is 69.8 Å². The Balaban J connectivity index is 0.00000363. The standard InChI is InChI=1S/C22H29N5O4.HI/c1-23-22(24-15-17-3-7-19(8-4-17)27(28)29)25-16-21(26-11-13-31-14-12-26)18-5-9-20(30-2)10-6-18;/h3-10,21H,11-16H2,1-2H3,(H2,23,24,25);1H. The van der Waals surface area contributed by atoms with Crippen molar-refractivity contribution in [2.75, 3.05) is 47.0 Å². The summed E-state index contributed by atoms with van der Waals surface area (Å²) >= 11 is 0. The number of non-ortho nitro benzene ring substituents is 1. The lowest BCUT2D eigenvalue weighted by atomic mass is 10.0. The topological polar surface area (TPSA) is 101 Å². The number of hydrogen-bond acceptors (Lipinski definition) is 6. The smallest absolute Gasteiger partial charge is 0.269 e. The SMILES string of the molecule is CN=C(NCc1ccc([N+](=O)[O-])cc1)NCC(c1ccc(OC)cc1)N1CCOCC1.I. The molecule has 9 nitrogen and oxygen atoms in total. The number of nitrogens with one attached hydrogen (secondary N) is 2. The predicted molar refractivity (Wildman–Crippen MR) is 135 cm³/mol. The number of aliphatic imine (C=N–C) groups is 1. The number of nitrogens with zero attached hydrogens (tertiary/aromatic N) is 3. The fourth-order valence-electron chi connectivity index (χ4n) is 3.51. The zero-order valence-electron chi connectivity index (χ0n) is 18.3. The van der Waals surface area contributed by atoms with Gasteiger partial charge in [-0.05, 0) is 23.3 Å². The van der Waals surface area contributed by atoms with Crippen LogP contribution in [-0.2, 0) is 11.3 Å². The minimum absolute atomic E-state index is 0. The molecule has 1 atom stereocenters. The van der Waals surface area contributed by atoms with Gasteiger partial charge in [-0.3, -0.25) is 20.0 Å². The zero-order valence-corrected chi connectivity index (χ0v) is 20.7. The Morgan fingerprint density at radius 3 is 2.38 bits per heavy atom. The first kappa shape index (κ1) is 25.8. The van der Waals surface area contributed by atoms with Crippen molar-refractivity contribution in [3.63, 3.8) is 0 Å². The van der Waals surface area contributed by atoms with Crippen LogP contribution in [0.2, 0.25) is 0 Å². The Morgan fingerprint density at radius 2 is 1.81 bits per heavy atom. The van der Waals surface area contributed by atoms with E-state index >= 15 is 0 Å². The summed E-state index contributed by atoms with van der Waals surface area (Å²) in [5, 5.41) is 17.5. The molecule has 2 aromatic carbocycles. The van der Waals surface area contributed by atoms with Crippen molar-refractivity contribution in [3.8, 4) is 5.75 Å². The number of guanidine groups is 1. The van der Waals surface area contributed by atoms with E-state index in [0.717, 1.165) is 37.6 Å². The van der Waals surface area contributed by atoms with Crippen LogP contribution >= 0.6 is 24.0 Å². The third-order valence-electron chi connectivity index (χ3n) is 5.28. The number of morpholine rings is 1. The molecule has 10 heteroatoms. The number of hydrogen-bond donors (Lipinski definition) is 2. The second kappa shape index (κ2) is 13.2. The Morgan fingerprint density at radius 1 is 1.16 bits per heavy atom. The lowest BCUT2D eigenvalue weighted by Gasteiger charge is -2.35. The molecule has 0 spiro atoms. The van der Waals surface area contributed by atoms with E-state index in [1.807, 2.05) is 12.1 Å². The number of nitro groups is 1. The number of nitro benzene ring substituents is 1. The van der Waals surface area contributed by atoms with Crippen molar-refractivity contribution in [2.24, 2.45) is 4.99 Å². The normalized spacial score (nSPS) is 15.4. The average molecular weight is 555 g/mol. The third kappa shape index (κ3) is 7.31. The van der Waals surface area contributed by atoms with E-state index in [1.165, 1.54) is 17.7 Å². The highest BCUT2D eigenvalue weighted by Gasteiger charge is 2.23. The summed E-state index contributed by atoms with van der Waals surface area (Å²) in [4.78, 5) is 17.1. The second-order valence-corrected chi connectivity index (χ2v) is 7.17. The van der Waals surface area contributed by atoms with E-state index in [1.54, 1.807) is 26.3 Å². The molecule has 1 unspecified atom stereocenters. The molecular formula is C22H30IN5O4. The summed E-state index contributed by atoms with van der Waals surface area (Å²) in [6.07, 6.45) is 0. The number of benzene rings is 2. The highest BCUT2D eigenvalue weighted by Crippen LogP contribution is 2.23. The summed E-state index contributed by atoms with van der Waals surface area (Å²) in [5.41, 5.74) is 2.22. The molecule has 174 valence electrons. The van der Waals surface area contributed by atoms with Gasteiger partial charge < -0.3 is 20.1 Å². The van der Waals surface area contributed by atoms with E-state index in [2.05, 4.69) is 32.7 Å². The predicted octanol–water partition coefficient (Wildman–Crippen LogP) is 2.96. The van der Waals surface area contributed by atoms with E-state index in [-0.39, 0.29) is 35.7 Å². The summed E-state index contributed by atoms with van der Waals surface area (Å²) < 4.78 is 10.8. The van der Waals surface area contributed by atoms with Crippen LogP contribution in [0.25, 0.3) is 0 Å². The highest BCUT2D eigenvalue weighted by molar-refractivity contribution is 14.0. The van der Waals surface area contributed by atoms with E-state index in [4.69, 9.17) is 9.47 Å². The van der Waals surface area contributed by atoms with Crippen LogP contribution in [0.5, 0.6) is 5.75 Å². The van der Waals surface area contributed by atoms with Gasteiger partial charge in [0, 0.05) is 45.4 Å². The Labute approximate surface area is 205 Å². The first-order chi connectivity index (χ1) is 15.1. The fraction of sp³-hybridized carbons (Fsp3) is 0.409. The number of rotatable bonds is 8. The molecular weight excluding hydrogens is 525 g/mol. The highest BCUT2D eigenvalue weighted by atomic mass is 127. The molecule has 0 bridgehead atoms. The van der Waals surface area contributed by atoms with Gasteiger partial charge in [0.15, 0.2) is 5.96 Å². The largest absolute Gasteiger partial charge is 0.497 e. The second-order valence-electron chi connectivity index (χ2n) is 7.17. The molecule has 1 fully saturated rings. The Kier molecular flexibility index (Phi) is 10.6. The maximum Gasteiger partial charge on any atom is 0.269 e. The van der Waals surface area contributed by atoms with Gasteiger partial charge in [-0.2, -0.15) is 0 Å². The van der Waals surface area contributed by atoms with Crippen LogP contribution in [0, 0.1) is 10.1 Å². The molecule has 32 heavy (non-hydrogen) atoms. The van der Waals surface area contributed by atoms with E-state index in [9.17, 15) is 10.1 Å². The lowest BCUT2D eigenvalue weighted by Crippen LogP contribution is -2.46. The minimum atomic E-state index is -0.400. The quantitative estimate of drug-likeness (QED) is 0.170. The van der Waals surface area contributed by atoms with Gasteiger partial charge >= 0.3 is 0 Å². The molecule has 1 aliphatic heterocycles. The Hall–Kier alpha value is -2.44. The minimum Gasteiger partial charge on any atom is -0.497 e. The van der Waals surface area contributed by atoms with Crippen LogP contribution in [0.4, 0.5) is 5.69 Å². The van der Waals surface area contributed by atoms with Crippen LogP contribution in [-0.4, -0.2) is 62.8 Å². The molecule has 0 amide bonds. The molecule has 3 rings (SSSR count). The fourth-order valence-corrected chi connectivity index (χ4v) is 3.51. The molecule has 0 aliphatic carbocycles. The molecule has 0 aromatic heterocycles. The first-order valence-corrected chi connectivity index (χ1v) is 10.2. The number of ether oxygens (including phenoxy) is 2. The summed E-state index contributed by atoms with van der Waals surface area (Å²) in [6, 6.07) is 14.8. The van der Waals surface area contributed by atoms with Crippen LogP contribution < -0.4 is 15.4 Å². The van der Waals surface area contributed by atoms with Crippen molar-refractivity contribution in [2.45, 2.75) is 12.6 Å². The molecule has 1 heterocycles. The summed E-state index contributed by atoms with van der Waals surface area (Å²) in [5.74, 6) is 1.50. The summed E-state index contributed by atoms with van der Waals surface area (Å²) in [7, 11) is 3.39. The van der Waals surface area contributed by atoms with Crippen molar-refractivity contribution in [1.82, 2.24) is 15.5 Å². The molecule has 0 radical (unpaired) electrons. The van der Waals surface area contributed by atoms with Gasteiger partial charge in [0.1, 0.15) is 5.75 Å². The van der Waals surface area contributed by atoms with Gasteiger partial charge in [-0.1, -0.05) is 24.3 Å². The van der Waals surface area contributed by atoms with Gasteiger partial charge in [-0.15, -0.1) is 24.0 Å². The van der Waals surface area contributed by atoms with Crippen molar-refractivity contribution < 1.29 is 14.4 Å². The van der Waals surface area contributed by atoms with Crippen LogP contribution in [0.1, 0.15) is 17.2 Å². The molecule has 0 saturated carbocycles. The first-order valence-electron chi connectivity index (χ1n) is 10.2. The molecule has 2 N–H and O–H groups in total. The van der Waals surface area contributed by atoms with Crippen molar-refractivity contribution >= 4 is 35.6 Å². The molecule has 2 aromatic rings. The van der Waals surface area contributed by atoms with E-state index in [0.29, 0.717) is 19.0 Å². The van der Waals surface area contributed by atoms with E-state index < -0.39 is 4.92 Å². The molecule has 1 saturated heterocycles. The number of methoxy groups -OCH3 is 1. The number of halogens is 1. The monoisotopic (exact) mass is 555 g/mol. The van der Waals surface area contributed by atoms with Crippen LogP contribution in [0.3, 0.4) is 0 Å². The third-order valence-corrected chi connectivity index (χ3v) is 5.28. The zero-order chi connectivity index (χ0) is 22.1. The average Bonchev–Trinajstić information content (AvgIpc) is 2.82. The Bertz CT molecular complexity index is 871. The van der Waals surface area contributed by atoms with Crippen LogP contribution in [0.15, 0.2) is 53.5 Å². The van der Waals surface area contributed by atoms with Gasteiger partial charge in [0.2, 0.25) is 0 Å². The van der Waals surface area contributed by atoms with Gasteiger partial charge in [-0.25, -0.2) is 0 Å². The summed E-state index contributed by atoms with van der Waals surface area (Å²) in [6.45, 7) is 4.37. The van der Waals surface area contributed by atoms with Crippen molar-refractivity contribution in [1.29, 1.82) is 0 Å². The molecule has 1 aliphatic rings. The maximum atomic E-state index is 10.8. The van der Waals surface area contributed by atoms with Gasteiger partial charge in [0.05, 0.1) is 31.3 Å². The lowest BCUT2D eigenvalue weighted by molar-refractivity contribution is -0.384. The maximum absolute atomic E-state index is 10.8.